The Balaban J connectivity index is 1.85. The number of fused-ring (bicyclic) bond motifs is 1. The van der Waals surface area contributed by atoms with Crippen molar-refractivity contribution in [2.75, 3.05) is 5.32 Å². The normalized spacial score (nSPS) is 11.0. The zero-order chi connectivity index (χ0) is 17.4. The second kappa shape index (κ2) is 6.18. The Labute approximate surface area is 150 Å². The molecule has 0 aliphatic rings. The van der Waals surface area contributed by atoms with Crippen LogP contribution in [0.3, 0.4) is 0 Å². The largest absolute Gasteiger partial charge is 0.339 e. The second-order valence-electron chi connectivity index (χ2n) is 5.85. The lowest BCUT2D eigenvalue weighted by Crippen LogP contribution is -2.03. The van der Waals surface area contributed by atoms with Crippen molar-refractivity contribution in [2.24, 2.45) is 0 Å². The number of nitrogens with zero attached hydrogens (tertiary/aromatic N) is 4. The molecule has 0 bridgehead atoms. The molecule has 0 fully saturated rings. The van der Waals surface area contributed by atoms with Gasteiger partial charge in [0.25, 0.3) is 5.78 Å². The Morgan fingerprint density at radius 2 is 1.72 bits per heavy atom. The number of aryl methyl sites for hydroxylation is 2. The van der Waals surface area contributed by atoms with Crippen LogP contribution in [-0.2, 0) is 0 Å². The summed E-state index contributed by atoms with van der Waals surface area (Å²) in [4.78, 5) is 9.09. The predicted molar refractivity (Wildman–Crippen MR) is 100 cm³/mol. The average molecular weight is 350 g/mol. The van der Waals surface area contributed by atoms with Gasteiger partial charge in [-0.15, -0.1) is 5.10 Å². The molecule has 2 heterocycles. The van der Waals surface area contributed by atoms with Crippen molar-refractivity contribution in [3.8, 4) is 11.4 Å². The highest BCUT2D eigenvalue weighted by Gasteiger charge is 2.13. The van der Waals surface area contributed by atoms with Crippen LogP contribution in [0.25, 0.3) is 17.2 Å². The van der Waals surface area contributed by atoms with Crippen molar-refractivity contribution in [2.45, 2.75) is 13.8 Å². The van der Waals surface area contributed by atoms with Crippen LogP contribution >= 0.6 is 11.6 Å². The third kappa shape index (κ3) is 2.94. The van der Waals surface area contributed by atoms with E-state index in [9.17, 15) is 0 Å². The molecule has 6 heteroatoms. The number of anilines is 2. The van der Waals surface area contributed by atoms with Crippen molar-refractivity contribution in [1.82, 2.24) is 19.6 Å². The molecule has 0 atom stereocenters. The quantitative estimate of drug-likeness (QED) is 0.577. The van der Waals surface area contributed by atoms with E-state index in [0.29, 0.717) is 16.6 Å². The van der Waals surface area contributed by atoms with E-state index >= 15 is 0 Å². The summed E-state index contributed by atoms with van der Waals surface area (Å²) in [5, 5.41) is 8.62. The molecule has 0 spiro atoms. The highest BCUT2D eigenvalue weighted by atomic mass is 35.5. The summed E-state index contributed by atoms with van der Waals surface area (Å²) in [6.07, 6.45) is 0. The lowest BCUT2D eigenvalue weighted by atomic mass is 10.1. The lowest BCUT2D eigenvalue weighted by molar-refractivity contribution is 0.940. The predicted octanol–water partition coefficient (Wildman–Crippen LogP) is 4.81. The fraction of sp³-hybridized carbons (Fsp3) is 0.105. The van der Waals surface area contributed by atoms with Gasteiger partial charge >= 0.3 is 0 Å². The van der Waals surface area contributed by atoms with Crippen molar-refractivity contribution in [3.63, 3.8) is 0 Å². The molecule has 124 valence electrons. The van der Waals surface area contributed by atoms with Crippen molar-refractivity contribution < 1.29 is 0 Å². The van der Waals surface area contributed by atoms with Gasteiger partial charge in [0.05, 0.1) is 10.7 Å². The van der Waals surface area contributed by atoms with Gasteiger partial charge in [0.15, 0.2) is 5.82 Å². The van der Waals surface area contributed by atoms with Crippen molar-refractivity contribution in [1.29, 1.82) is 0 Å². The molecule has 0 unspecified atom stereocenters. The van der Waals surface area contributed by atoms with Crippen LogP contribution in [-0.4, -0.2) is 19.6 Å². The summed E-state index contributed by atoms with van der Waals surface area (Å²) in [5.41, 5.74) is 3.78. The molecule has 0 aliphatic heterocycles. The first-order valence-corrected chi connectivity index (χ1v) is 8.31. The lowest BCUT2D eigenvalue weighted by Gasteiger charge is -2.09. The van der Waals surface area contributed by atoms with E-state index in [4.69, 9.17) is 11.6 Å². The maximum Gasteiger partial charge on any atom is 0.254 e. The van der Waals surface area contributed by atoms with E-state index in [1.54, 1.807) is 4.52 Å². The zero-order valence-electron chi connectivity index (χ0n) is 13.9. The van der Waals surface area contributed by atoms with Gasteiger partial charge in [0.2, 0.25) is 0 Å². The Bertz CT molecular complexity index is 1070. The molecule has 2 aromatic heterocycles. The maximum absolute atomic E-state index is 6.26. The van der Waals surface area contributed by atoms with Gasteiger partial charge in [0.1, 0.15) is 5.82 Å². The first-order valence-electron chi connectivity index (χ1n) is 7.94. The summed E-state index contributed by atoms with van der Waals surface area (Å²) in [5.74, 6) is 1.97. The minimum Gasteiger partial charge on any atom is -0.339 e. The number of hydrogen-bond acceptors (Lipinski definition) is 4. The van der Waals surface area contributed by atoms with Gasteiger partial charge < -0.3 is 5.32 Å². The Morgan fingerprint density at radius 1 is 0.960 bits per heavy atom. The third-order valence-electron chi connectivity index (χ3n) is 3.96. The van der Waals surface area contributed by atoms with Crippen LogP contribution in [0.15, 0.2) is 54.6 Å². The average Bonchev–Trinajstić information content (AvgIpc) is 3.01. The van der Waals surface area contributed by atoms with E-state index in [2.05, 4.69) is 20.4 Å². The first-order chi connectivity index (χ1) is 12.1. The number of aromatic nitrogens is 4. The highest BCUT2D eigenvalue weighted by molar-refractivity contribution is 6.33. The van der Waals surface area contributed by atoms with Gasteiger partial charge in [-0.25, -0.2) is 4.98 Å². The molecular formula is C19H16ClN5. The summed E-state index contributed by atoms with van der Waals surface area (Å²) in [7, 11) is 0. The van der Waals surface area contributed by atoms with Crippen LogP contribution < -0.4 is 5.32 Å². The van der Waals surface area contributed by atoms with Gasteiger partial charge in [-0.05, 0) is 31.5 Å². The van der Waals surface area contributed by atoms with Crippen LogP contribution in [0.1, 0.15) is 11.3 Å². The SMILES string of the molecule is Cc1cc(Nc2ccccc2Cl)n2nc(-c3ccccc3C)nc2n1. The number of halogens is 1. The molecule has 0 saturated heterocycles. The van der Waals surface area contributed by atoms with Crippen LogP contribution in [0, 0.1) is 13.8 Å². The van der Waals surface area contributed by atoms with Crippen LogP contribution in [0.4, 0.5) is 11.5 Å². The van der Waals surface area contributed by atoms with E-state index in [-0.39, 0.29) is 0 Å². The minimum atomic E-state index is 0.549. The van der Waals surface area contributed by atoms with Gasteiger partial charge in [-0.3, -0.25) is 0 Å². The summed E-state index contributed by atoms with van der Waals surface area (Å²) in [6.45, 7) is 3.97. The van der Waals surface area contributed by atoms with Gasteiger partial charge in [-0.1, -0.05) is 48.0 Å². The smallest absolute Gasteiger partial charge is 0.254 e. The molecule has 4 aromatic rings. The molecule has 4 rings (SSSR count). The summed E-state index contributed by atoms with van der Waals surface area (Å²) in [6, 6.07) is 17.6. The molecule has 2 aromatic carbocycles. The number of nitrogens with one attached hydrogen (secondary N) is 1. The van der Waals surface area contributed by atoms with Gasteiger partial charge in [-0.2, -0.15) is 9.50 Å². The Kier molecular flexibility index (Phi) is 3.86. The Morgan fingerprint density at radius 3 is 2.52 bits per heavy atom. The number of para-hydroxylation sites is 1. The fourth-order valence-electron chi connectivity index (χ4n) is 2.71. The summed E-state index contributed by atoms with van der Waals surface area (Å²) >= 11 is 6.26. The van der Waals surface area contributed by atoms with Crippen LogP contribution in [0.5, 0.6) is 0 Å². The number of rotatable bonds is 3. The molecule has 1 N–H and O–H groups in total. The molecule has 5 nitrogen and oxygen atoms in total. The summed E-state index contributed by atoms with van der Waals surface area (Å²) < 4.78 is 1.71. The molecule has 25 heavy (non-hydrogen) atoms. The molecule has 0 radical (unpaired) electrons. The highest BCUT2D eigenvalue weighted by Crippen LogP contribution is 2.26. The monoisotopic (exact) mass is 349 g/mol. The molecule has 0 saturated carbocycles. The van der Waals surface area contributed by atoms with E-state index in [1.807, 2.05) is 68.4 Å². The zero-order valence-corrected chi connectivity index (χ0v) is 14.6. The van der Waals surface area contributed by atoms with Gasteiger partial charge in [0, 0.05) is 17.3 Å². The number of hydrogen-bond donors (Lipinski definition) is 1. The molecular weight excluding hydrogens is 334 g/mol. The van der Waals surface area contributed by atoms with E-state index in [1.165, 1.54) is 0 Å². The molecule has 0 amide bonds. The number of benzene rings is 2. The van der Waals surface area contributed by atoms with Crippen LogP contribution in [0.2, 0.25) is 5.02 Å². The second-order valence-corrected chi connectivity index (χ2v) is 6.26. The fourth-order valence-corrected chi connectivity index (χ4v) is 2.90. The topological polar surface area (TPSA) is 55.1 Å². The van der Waals surface area contributed by atoms with Crippen molar-refractivity contribution in [3.05, 3.63) is 70.9 Å². The molecule has 0 aliphatic carbocycles. The minimum absolute atomic E-state index is 0.549. The van der Waals surface area contributed by atoms with E-state index < -0.39 is 0 Å². The third-order valence-corrected chi connectivity index (χ3v) is 4.29. The first kappa shape index (κ1) is 15.6. The standard InChI is InChI=1S/C19H16ClN5/c1-12-7-3-4-8-14(12)18-23-19-21-13(2)11-17(25(19)24-18)22-16-10-6-5-9-15(16)20/h3-11,22H,1-2H3. The maximum atomic E-state index is 6.26. The Hall–Kier alpha value is -2.92. The van der Waals surface area contributed by atoms with E-state index in [0.717, 1.165) is 28.3 Å². The van der Waals surface area contributed by atoms with Crippen molar-refractivity contribution >= 4 is 28.9 Å².